The summed E-state index contributed by atoms with van der Waals surface area (Å²) in [6, 6.07) is 7.62. The highest BCUT2D eigenvalue weighted by atomic mass is 35.5. The van der Waals surface area contributed by atoms with E-state index in [1.807, 2.05) is 38.1 Å². The number of nitrogens with one attached hydrogen (secondary N) is 1. The average molecular weight is 280 g/mol. The number of aliphatic hydroxyl groups is 1. The topological polar surface area (TPSA) is 58.0 Å². The number of anilines is 1. The predicted molar refractivity (Wildman–Crippen MR) is 78.5 cm³/mol. The van der Waals surface area contributed by atoms with Crippen molar-refractivity contribution in [2.75, 3.05) is 5.32 Å². The van der Waals surface area contributed by atoms with Crippen LogP contribution in [0.3, 0.4) is 0 Å². The van der Waals surface area contributed by atoms with Gasteiger partial charge in [-0.05, 0) is 51.4 Å². The highest BCUT2D eigenvalue weighted by Gasteiger charge is 2.35. The van der Waals surface area contributed by atoms with E-state index in [9.17, 15) is 5.11 Å². The van der Waals surface area contributed by atoms with Crippen LogP contribution in [-0.4, -0.2) is 26.2 Å². The first-order valence-electron chi connectivity index (χ1n) is 6.13. The first-order valence-corrected chi connectivity index (χ1v) is 6.51. The van der Waals surface area contributed by atoms with Gasteiger partial charge in [0.2, 0.25) is 5.28 Å². The predicted octanol–water partition coefficient (Wildman–Crippen LogP) is 3.24. The van der Waals surface area contributed by atoms with Crippen LogP contribution in [0.25, 0.3) is 10.9 Å². The zero-order chi connectivity index (χ0) is 14.3. The molecular formula is C14H18ClN3O. The van der Waals surface area contributed by atoms with Crippen LogP contribution in [0.2, 0.25) is 5.28 Å². The lowest BCUT2D eigenvalue weighted by Crippen LogP contribution is -2.51. The van der Waals surface area contributed by atoms with Gasteiger partial charge in [-0.2, -0.15) is 0 Å². The van der Waals surface area contributed by atoms with Crippen LogP contribution >= 0.6 is 11.6 Å². The van der Waals surface area contributed by atoms with E-state index in [1.165, 1.54) is 0 Å². The van der Waals surface area contributed by atoms with E-state index >= 15 is 0 Å². The van der Waals surface area contributed by atoms with Crippen LogP contribution in [0.1, 0.15) is 27.7 Å². The summed E-state index contributed by atoms with van der Waals surface area (Å²) in [7, 11) is 0. The highest BCUT2D eigenvalue weighted by molar-refractivity contribution is 6.28. The normalized spacial score (nSPS) is 12.7. The van der Waals surface area contributed by atoms with Gasteiger partial charge < -0.3 is 10.4 Å². The minimum absolute atomic E-state index is 0.188. The van der Waals surface area contributed by atoms with Crippen molar-refractivity contribution in [3.05, 3.63) is 29.5 Å². The zero-order valence-corrected chi connectivity index (χ0v) is 12.3. The second-order valence-electron chi connectivity index (χ2n) is 5.67. The zero-order valence-electron chi connectivity index (χ0n) is 11.5. The van der Waals surface area contributed by atoms with Crippen molar-refractivity contribution in [3.63, 3.8) is 0 Å². The van der Waals surface area contributed by atoms with Crippen molar-refractivity contribution in [2.45, 2.75) is 38.8 Å². The van der Waals surface area contributed by atoms with Crippen LogP contribution in [0.4, 0.5) is 5.82 Å². The van der Waals surface area contributed by atoms with E-state index < -0.39 is 11.1 Å². The molecule has 102 valence electrons. The number of halogens is 1. The van der Waals surface area contributed by atoms with Crippen LogP contribution in [0, 0.1) is 0 Å². The number of aromatic nitrogens is 2. The molecule has 0 unspecified atom stereocenters. The molecule has 1 aromatic carbocycles. The summed E-state index contributed by atoms with van der Waals surface area (Å²) in [5.41, 5.74) is -0.699. The SMILES string of the molecule is CC(C)(O)C(C)(C)Nc1nc(Cl)nc2ccccc12. The van der Waals surface area contributed by atoms with Crippen molar-refractivity contribution in [1.82, 2.24) is 9.97 Å². The molecule has 0 amide bonds. The van der Waals surface area contributed by atoms with E-state index in [4.69, 9.17) is 11.6 Å². The van der Waals surface area contributed by atoms with Gasteiger partial charge in [0.05, 0.1) is 16.7 Å². The van der Waals surface area contributed by atoms with Crippen LogP contribution in [0.5, 0.6) is 0 Å². The number of hydrogen-bond donors (Lipinski definition) is 2. The minimum atomic E-state index is -0.911. The Balaban J connectivity index is 2.52. The molecule has 0 radical (unpaired) electrons. The number of fused-ring (bicyclic) bond motifs is 1. The third-order valence-corrected chi connectivity index (χ3v) is 3.71. The van der Waals surface area contributed by atoms with Crippen molar-refractivity contribution >= 4 is 28.3 Å². The minimum Gasteiger partial charge on any atom is -0.388 e. The molecule has 0 saturated heterocycles. The summed E-state index contributed by atoms with van der Waals surface area (Å²) >= 11 is 5.94. The summed E-state index contributed by atoms with van der Waals surface area (Å²) in [4.78, 5) is 8.41. The summed E-state index contributed by atoms with van der Waals surface area (Å²) in [6.07, 6.45) is 0. The Morgan fingerprint density at radius 2 is 1.74 bits per heavy atom. The average Bonchev–Trinajstić information content (AvgIpc) is 2.26. The lowest BCUT2D eigenvalue weighted by atomic mass is 9.86. The molecule has 0 bridgehead atoms. The monoisotopic (exact) mass is 279 g/mol. The Kier molecular flexibility index (Phi) is 3.41. The second kappa shape index (κ2) is 4.62. The van der Waals surface area contributed by atoms with Crippen molar-refractivity contribution in [2.24, 2.45) is 0 Å². The maximum absolute atomic E-state index is 10.2. The number of hydrogen-bond acceptors (Lipinski definition) is 4. The molecule has 4 nitrogen and oxygen atoms in total. The molecule has 2 N–H and O–H groups in total. The van der Waals surface area contributed by atoms with E-state index in [2.05, 4.69) is 15.3 Å². The Morgan fingerprint density at radius 3 is 2.37 bits per heavy atom. The van der Waals surface area contributed by atoms with Crippen LogP contribution in [-0.2, 0) is 0 Å². The first-order chi connectivity index (χ1) is 8.71. The third kappa shape index (κ3) is 2.80. The van der Waals surface area contributed by atoms with Gasteiger partial charge in [0.1, 0.15) is 5.82 Å². The summed E-state index contributed by atoms with van der Waals surface area (Å²) in [5, 5.41) is 14.5. The Labute approximate surface area is 117 Å². The maximum Gasteiger partial charge on any atom is 0.224 e. The number of rotatable bonds is 3. The molecule has 0 aliphatic rings. The summed E-state index contributed by atoms with van der Waals surface area (Å²) < 4.78 is 0. The molecule has 2 rings (SSSR count). The molecule has 1 aromatic heterocycles. The lowest BCUT2D eigenvalue weighted by molar-refractivity contribution is 0.0239. The van der Waals surface area contributed by atoms with Gasteiger partial charge in [0.15, 0.2) is 0 Å². The van der Waals surface area contributed by atoms with Gasteiger partial charge in [-0.25, -0.2) is 9.97 Å². The Morgan fingerprint density at radius 1 is 1.11 bits per heavy atom. The lowest BCUT2D eigenvalue weighted by Gasteiger charge is -2.38. The van der Waals surface area contributed by atoms with Gasteiger partial charge in [-0.1, -0.05) is 12.1 Å². The van der Waals surface area contributed by atoms with Gasteiger partial charge in [-0.3, -0.25) is 0 Å². The fraction of sp³-hybridized carbons (Fsp3) is 0.429. The molecule has 0 saturated carbocycles. The fourth-order valence-corrected chi connectivity index (χ4v) is 1.77. The fourth-order valence-electron chi connectivity index (χ4n) is 1.59. The van der Waals surface area contributed by atoms with Crippen LogP contribution in [0.15, 0.2) is 24.3 Å². The number of benzene rings is 1. The standard InChI is InChI=1S/C14H18ClN3O/c1-13(2,14(3,4)19)18-11-9-7-5-6-8-10(9)16-12(15)17-11/h5-8,19H,1-4H3,(H,16,17,18). The molecule has 0 aliphatic heterocycles. The molecule has 19 heavy (non-hydrogen) atoms. The van der Waals surface area contributed by atoms with Gasteiger partial charge in [-0.15, -0.1) is 0 Å². The smallest absolute Gasteiger partial charge is 0.224 e. The summed E-state index contributed by atoms with van der Waals surface area (Å²) in [5.74, 6) is 0.628. The number of para-hydroxylation sites is 1. The highest BCUT2D eigenvalue weighted by Crippen LogP contribution is 2.29. The van der Waals surface area contributed by atoms with Crippen molar-refractivity contribution in [3.8, 4) is 0 Å². The van der Waals surface area contributed by atoms with E-state index in [0.29, 0.717) is 5.82 Å². The van der Waals surface area contributed by atoms with Gasteiger partial charge >= 0.3 is 0 Å². The maximum atomic E-state index is 10.2. The Hall–Kier alpha value is -1.39. The summed E-state index contributed by atoms with van der Waals surface area (Å²) in [6.45, 7) is 7.34. The van der Waals surface area contributed by atoms with Gasteiger partial charge in [0.25, 0.3) is 0 Å². The Bertz CT molecular complexity index is 605. The molecule has 1 heterocycles. The first kappa shape index (κ1) is 14.0. The molecule has 5 heteroatoms. The number of nitrogens with zero attached hydrogens (tertiary/aromatic N) is 2. The van der Waals surface area contributed by atoms with Crippen molar-refractivity contribution < 1.29 is 5.11 Å². The largest absolute Gasteiger partial charge is 0.388 e. The molecule has 2 aromatic rings. The molecule has 0 aliphatic carbocycles. The molecular weight excluding hydrogens is 262 g/mol. The van der Waals surface area contributed by atoms with Crippen LogP contribution < -0.4 is 5.32 Å². The third-order valence-electron chi connectivity index (χ3n) is 3.54. The second-order valence-corrected chi connectivity index (χ2v) is 6.01. The van der Waals surface area contributed by atoms with E-state index in [-0.39, 0.29) is 5.28 Å². The molecule has 0 atom stereocenters. The quantitative estimate of drug-likeness (QED) is 0.847. The van der Waals surface area contributed by atoms with E-state index in [1.54, 1.807) is 13.8 Å². The van der Waals surface area contributed by atoms with Gasteiger partial charge in [0, 0.05) is 5.39 Å². The van der Waals surface area contributed by atoms with Crippen molar-refractivity contribution in [1.29, 1.82) is 0 Å². The molecule has 0 fully saturated rings. The molecule has 0 spiro atoms. The van der Waals surface area contributed by atoms with E-state index in [0.717, 1.165) is 10.9 Å².